The van der Waals surface area contributed by atoms with Crippen LogP contribution in [0.5, 0.6) is 5.75 Å². The molecule has 1 aromatic carbocycles. The predicted molar refractivity (Wildman–Crippen MR) is 76.2 cm³/mol. The van der Waals surface area contributed by atoms with Gasteiger partial charge in [-0.25, -0.2) is 4.79 Å². The molecule has 1 rings (SSSR count). The molecule has 1 amide bonds. The van der Waals surface area contributed by atoms with Crippen molar-refractivity contribution in [2.45, 2.75) is 12.5 Å². The molecule has 0 saturated heterocycles. The molecule has 0 radical (unpaired) electrons. The average molecular weight is 379 g/mol. The largest absolute Gasteiger partial charge is 0.507 e. The standard InChI is InChI=1S/C12H14INO5/c1-19-5-4-9(12(17)18)14-11(16)7-2-3-8(13)10(15)6-7/h2-3,6,9,15H,4-5H2,1H3,(H,14,16)(H,17,18). The van der Waals surface area contributed by atoms with Gasteiger partial charge in [0.1, 0.15) is 11.8 Å². The number of rotatable bonds is 6. The second-order valence-electron chi connectivity index (χ2n) is 3.81. The van der Waals surface area contributed by atoms with E-state index in [-0.39, 0.29) is 24.3 Å². The summed E-state index contributed by atoms with van der Waals surface area (Å²) in [6, 6.07) is 3.38. The van der Waals surface area contributed by atoms with Gasteiger partial charge < -0.3 is 20.3 Å². The first-order valence-electron chi connectivity index (χ1n) is 5.46. The number of aliphatic carboxylic acids is 1. The lowest BCUT2D eigenvalue weighted by atomic mass is 10.1. The first-order valence-corrected chi connectivity index (χ1v) is 6.54. The van der Waals surface area contributed by atoms with Crippen molar-refractivity contribution >= 4 is 34.5 Å². The van der Waals surface area contributed by atoms with Crippen molar-refractivity contribution in [3.8, 4) is 5.75 Å². The van der Waals surface area contributed by atoms with Gasteiger partial charge in [-0.2, -0.15) is 0 Å². The molecule has 3 N–H and O–H groups in total. The number of carboxylic acid groups (broad SMARTS) is 1. The van der Waals surface area contributed by atoms with Gasteiger partial charge in [0, 0.05) is 25.7 Å². The van der Waals surface area contributed by atoms with Crippen molar-refractivity contribution in [1.29, 1.82) is 0 Å². The van der Waals surface area contributed by atoms with E-state index < -0.39 is 17.9 Å². The van der Waals surface area contributed by atoms with Crippen LogP contribution in [0, 0.1) is 3.57 Å². The fourth-order valence-corrected chi connectivity index (χ4v) is 1.72. The van der Waals surface area contributed by atoms with Gasteiger partial charge in [-0.15, -0.1) is 0 Å². The zero-order valence-corrected chi connectivity index (χ0v) is 12.4. The quantitative estimate of drug-likeness (QED) is 0.646. The highest BCUT2D eigenvalue weighted by molar-refractivity contribution is 14.1. The van der Waals surface area contributed by atoms with Gasteiger partial charge in [0.2, 0.25) is 0 Å². The molecule has 104 valence electrons. The molecule has 7 heteroatoms. The fourth-order valence-electron chi connectivity index (χ4n) is 1.39. The maximum Gasteiger partial charge on any atom is 0.326 e. The number of carboxylic acids is 1. The Morgan fingerprint density at radius 2 is 2.16 bits per heavy atom. The first-order chi connectivity index (χ1) is 8.95. The minimum Gasteiger partial charge on any atom is -0.507 e. The Morgan fingerprint density at radius 1 is 1.47 bits per heavy atom. The van der Waals surface area contributed by atoms with E-state index >= 15 is 0 Å². The number of carbonyl (C=O) groups is 2. The highest BCUT2D eigenvalue weighted by Crippen LogP contribution is 2.20. The zero-order valence-electron chi connectivity index (χ0n) is 10.2. The molecule has 0 aliphatic rings. The molecule has 0 spiro atoms. The molecule has 1 atom stereocenters. The number of aromatic hydroxyl groups is 1. The summed E-state index contributed by atoms with van der Waals surface area (Å²) in [6.07, 6.45) is 0.175. The molecular formula is C12H14INO5. The van der Waals surface area contributed by atoms with Gasteiger partial charge in [-0.1, -0.05) is 0 Å². The minimum atomic E-state index is -1.12. The summed E-state index contributed by atoms with van der Waals surface area (Å²) in [7, 11) is 1.46. The molecule has 0 fully saturated rings. The van der Waals surface area contributed by atoms with Crippen molar-refractivity contribution in [2.75, 3.05) is 13.7 Å². The number of phenolic OH excluding ortho intramolecular Hbond substituents is 1. The third-order valence-corrected chi connectivity index (χ3v) is 3.33. The summed E-state index contributed by atoms with van der Waals surface area (Å²) in [5.74, 6) is -1.69. The number of hydrogen-bond donors (Lipinski definition) is 3. The molecule has 0 aliphatic heterocycles. The molecule has 0 heterocycles. The van der Waals surface area contributed by atoms with Gasteiger partial charge in [0.05, 0.1) is 3.57 Å². The Bertz CT molecular complexity index is 477. The van der Waals surface area contributed by atoms with Crippen LogP contribution in [0.25, 0.3) is 0 Å². The maximum absolute atomic E-state index is 11.9. The summed E-state index contributed by atoms with van der Waals surface area (Å²) in [5.41, 5.74) is 0.210. The average Bonchev–Trinajstić information content (AvgIpc) is 2.37. The van der Waals surface area contributed by atoms with Crippen molar-refractivity contribution < 1.29 is 24.5 Å². The Labute approximate surface area is 123 Å². The number of ether oxygens (including phenoxy) is 1. The molecule has 0 bridgehead atoms. The molecule has 0 aromatic heterocycles. The Morgan fingerprint density at radius 3 is 2.68 bits per heavy atom. The number of halogens is 1. The second kappa shape index (κ2) is 7.29. The van der Waals surface area contributed by atoms with Crippen LogP contribution in [0.2, 0.25) is 0 Å². The number of phenols is 1. The van der Waals surface area contributed by atoms with E-state index in [1.165, 1.54) is 19.2 Å². The maximum atomic E-state index is 11.9. The van der Waals surface area contributed by atoms with Crippen LogP contribution in [0.4, 0.5) is 0 Å². The van der Waals surface area contributed by atoms with Gasteiger partial charge >= 0.3 is 5.97 Å². The van der Waals surface area contributed by atoms with Crippen molar-refractivity contribution in [3.05, 3.63) is 27.3 Å². The molecule has 1 aromatic rings. The van der Waals surface area contributed by atoms with E-state index in [4.69, 9.17) is 9.84 Å². The topological polar surface area (TPSA) is 95.9 Å². The summed E-state index contributed by atoms with van der Waals surface area (Å²) in [6.45, 7) is 0.231. The van der Waals surface area contributed by atoms with Crippen LogP contribution in [-0.2, 0) is 9.53 Å². The normalized spacial score (nSPS) is 11.9. The molecule has 0 aliphatic carbocycles. The summed E-state index contributed by atoms with van der Waals surface area (Å²) < 4.78 is 5.40. The van der Waals surface area contributed by atoms with E-state index in [2.05, 4.69) is 5.32 Å². The highest BCUT2D eigenvalue weighted by Gasteiger charge is 2.20. The van der Waals surface area contributed by atoms with Gasteiger partial charge in [-0.05, 0) is 40.8 Å². The van der Waals surface area contributed by atoms with Crippen LogP contribution >= 0.6 is 22.6 Å². The van der Waals surface area contributed by atoms with Gasteiger partial charge in [0.15, 0.2) is 0 Å². The Hall–Kier alpha value is -1.35. The molecule has 19 heavy (non-hydrogen) atoms. The third-order valence-electron chi connectivity index (χ3n) is 2.42. The monoisotopic (exact) mass is 379 g/mol. The van der Waals surface area contributed by atoms with E-state index in [0.29, 0.717) is 3.57 Å². The zero-order chi connectivity index (χ0) is 14.4. The number of carbonyl (C=O) groups excluding carboxylic acids is 1. The minimum absolute atomic E-state index is 0.0167. The SMILES string of the molecule is COCCC(NC(=O)c1ccc(I)c(O)c1)C(=O)O. The van der Waals surface area contributed by atoms with Crippen LogP contribution in [0.1, 0.15) is 16.8 Å². The van der Waals surface area contributed by atoms with Gasteiger partial charge in [0.25, 0.3) is 5.91 Å². The fraction of sp³-hybridized carbons (Fsp3) is 0.333. The van der Waals surface area contributed by atoms with E-state index in [1.807, 2.05) is 22.6 Å². The number of benzene rings is 1. The van der Waals surface area contributed by atoms with Crippen LogP contribution in [0.3, 0.4) is 0 Å². The summed E-state index contributed by atoms with van der Waals surface area (Å²) in [5, 5.41) is 20.9. The predicted octanol–water partition coefficient (Wildman–Crippen LogP) is 1.22. The highest BCUT2D eigenvalue weighted by atomic mass is 127. The second-order valence-corrected chi connectivity index (χ2v) is 4.97. The lowest BCUT2D eigenvalue weighted by Gasteiger charge is -2.14. The first kappa shape index (κ1) is 15.7. The number of amides is 1. The van der Waals surface area contributed by atoms with E-state index in [0.717, 1.165) is 0 Å². The van der Waals surface area contributed by atoms with Gasteiger partial charge in [-0.3, -0.25) is 4.79 Å². The molecular weight excluding hydrogens is 365 g/mol. The lowest BCUT2D eigenvalue weighted by molar-refractivity contribution is -0.139. The molecule has 6 nitrogen and oxygen atoms in total. The Kier molecular flexibility index (Phi) is 6.03. The van der Waals surface area contributed by atoms with Crippen molar-refractivity contribution in [3.63, 3.8) is 0 Å². The lowest BCUT2D eigenvalue weighted by Crippen LogP contribution is -2.41. The van der Waals surface area contributed by atoms with Crippen LogP contribution in [0.15, 0.2) is 18.2 Å². The number of methoxy groups -OCH3 is 1. The van der Waals surface area contributed by atoms with Crippen LogP contribution < -0.4 is 5.32 Å². The van der Waals surface area contributed by atoms with Crippen LogP contribution in [-0.4, -0.2) is 41.8 Å². The van der Waals surface area contributed by atoms with Crippen molar-refractivity contribution in [2.24, 2.45) is 0 Å². The molecule has 1 unspecified atom stereocenters. The third kappa shape index (κ3) is 4.67. The smallest absolute Gasteiger partial charge is 0.326 e. The Balaban J connectivity index is 2.75. The number of nitrogens with one attached hydrogen (secondary N) is 1. The van der Waals surface area contributed by atoms with E-state index in [9.17, 15) is 14.7 Å². The van der Waals surface area contributed by atoms with Crippen molar-refractivity contribution in [1.82, 2.24) is 5.32 Å². The van der Waals surface area contributed by atoms with E-state index in [1.54, 1.807) is 6.07 Å². The summed E-state index contributed by atoms with van der Waals surface area (Å²) >= 11 is 1.93. The molecule has 0 saturated carbocycles. The summed E-state index contributed by atoms with van der Waals surface area (Å²) in [4.78, 5) is 22.8. The number of hydrogen-bond acceptors (Lipinski definition) is 4.